The van der Waals surface area contributed by atoms with E-state index in [4.69, 9.17) is 5.73 Å². The smallest absolute Gasteiger partial charge is 0.295 e. The van der Waals surface area contributed by atoms with E-state index >= 15 is 0 Å². The Morgan fingerprint density at radius 2 is 1.85 bits per heavy atom. The third-order valence-electron chi connectivity index (χ3n) is 4.68. The molecule has 1 aromatic carbocycles. The van der Waals surface area contributed by atoms with Crippen molar-refractivity contribution in [1.82, 2.24) is 24.7 Å². The highest BCUT2D eigenvalue weighted by atomic mass is 32.2. The van der Waals surface area contributed by atoms with Gasteiger partial charge in [-0.15, -0.1) is 4.83 Å². The Morgan fingerprint density at radius 1 is 1.12 bits per heavy atom. The third-order valence-corrected chi connectivity index (χ3v) is 5.81. The van der Waals surface area contributed by atoms with Gasteiger partial charge in [-0.1, -0.05) is 30.3 Å². The molecule has 2 heterocycles. The van der Waals surface area contributed by atoms with Gasteiger partial charge in [-0.3, -0.25) is 24.6 Å². The molecule has 0 bridgehead atoms. The number of nitrogens with one attached hydrogen (secondary N) is 3. The Labute approximate surface area is 191 Å². The van der Waals surface area contributed by atoms with E-state index in [1.807, 2.05) is 6.92 Å². The van der Waals surface area contributed by atoms with Crippen molar-refractivity contribution in [3.8, 4) is 0 Å². The number of hydrogen-bond donors (Lipinski definition) is 4. The molecule has 2 aromatic heterocycles. The molecule has 3 aromatic rings. The summed E-state index contributed by atoms with van der Waals surface area (Å²) in [6.07, 6.45) is 1.36. The van der Waals surface area contributed by atoms with E-state index in [9.17, 15) is 18.0 Å². The van der Waals surface area contributed by atoms with Crippen LogP contribution in [-0.4, -0.2) is 28.9 Å². The molecule has 0 saturated heterocycles. The van der Waals surface area contributed by atoms with Gasteiger partial charge in [0.05, 0.1) is 23.7 Å². The van der Waals surface area contributed by atoms with E-state index in [1.165, 1.54) is 10.8 Å². The van der Waals surface area contributed by atoms with Gasteiger partial charge in [0, 0.05) is 17.6 Å². The van der Waals surface area contributed by atoms with E-state index < -0.39 is 21.5 Å². The fourth-order valence-electron chi connectivity index (χ4n) is 2.95. The van der Waals surface area contributed by atoms with Gasteiger partial charge in [-0.2, -0.15) is 0 Å². The normalized spacial score (nSPS) is 11.2. The Morgan fingerprint density at radius 3 is 2.58 bits per heavy atom. The lowest BCUT2D eigenvalue weighted by atomic mass is 10.2. The summed E-state index contributed by atoms with van der Waals surface area (Å²) in [5.74, 6) is -0.973. The minimum atomic E-state index is -3.79. The molecule has 0 unspecified atom stereocenters. The molecule has 3 rings (SSSR count). The average Bonchev–Trinajstić information content (AvgIpc) is 2.77. The minimum Gasteiger partial charge on any atom is -0.397 e. The Hall–Kier alpha value is -3.77. The highest BCUT2D eigenvalue weighted by Crippen LogP contribution is 2.09. The summed E-state index contributed by atoms with van der Waals surface area (Å²) in [4.78, 5) is 35.6. The standard InChI is InChI=1S/C21H25N7O4S/c1-14-8-9-17(22)18(25-14)11-23-19(29)12-28-15(2)10-24-20(21(28)30)26-27-33(31,32)13-16-6-4-3-5-7-16/h3-10,27H,11-13,22H2,1-2H3,(H,23,29)(H,24,26). The van der Waals surface area contributed by atoms with Crippen molar-refractivity contribution in [2.75, 3.05) is 11.2 Å². The topological polar surface area (TPSA) is 161 Å². The zero-order valence-corrected chi connectivity index (χ0v) is 19.0. The Kier molecular flexibility index (Phi) is 7.41. The summed E-state index contributed by atoms with van der Waals surface area (Å²) >= 11 is 0. The first-order valence-electron chi connectivity index (χ1n) is 9.99. The van der Waals surface area contributed by atoms with Crippen molar-refractivity contribution in [3.63, 3.8) is 0 Å². The largest absolute Gasteiger partial charge is 0.397 e. The molecule has 0 radical (unpaired) electrons. The molecular formula is C21H25N7O4S. The molecule has 33 heavy (non-hydrogen) atoms. The fourth-order valence-corrected chi connectivity index (χ4v) is 3.91. The molecule has 0 aliphatic carbocycles. The van der Waals surface area contributed by atoms with Gasteiger partial charge in [0.25, 0.3) is 5.56 Å². The number of nitrogens with zero attached hydrogens (tertiary/aromatic N) is 3. The number of nitrogens with two attached hydrogens (primary N) is 1. The number of carbonyl (C=O) groups is 1. The quantitative estimate of drug-likeness (QED) is 0.330. The first-order chi connectivity index (χ1) is 15.6. The number of aromatic nitrogens is 3. The van der Waals surface area contributed by atoms with Crippen molar-refractivity contribution in [1.29, 1.82) is 0 Å². The van der Waals surface area contributed by atoms with Gasteiger partial charge in [0.15, 0.2) is 0 Å². The van der Waals surface area contributed by atoms with Crippen molar-refractivity contribution in [2.45, 2.75) is 32.7 Å². The van der Waals surface area contributed by atoms with Crippen LogP contribution in [0.1, 0.15) is 22.6 Å². The number of hydrogen-bond acceptors (Lipinski definition) is 8. The van der Waals surface area contributed by atoms with Crippen LogP contribution < -0.4 is 26.9 Å². The van der Waals surface area contributed by atoms with Crippen molar-refractivity contribution in [3.05, 3.63) is 81.7 Å². The second-order valence-electron chi connectivity index (χ2n) is 7.38. The maximum atomic E-state index is 12.8. The van der Waals surface area contributed by atoms with E-state index in [2.05, 4.69) is 25.5 Å². The van der Waals surface area contributed by atoms with Gasteiger partial charge in [-0.05, 0) is 31.5 Å². The zero-order chi connectivity index (χ0) is 24.0. The van der Waals surface area contributed by atoms with Crippen LogP contribution >= 0.6 is 0 Å². The van der Waals surface area contributed by atoms with E-state index in [-0.39, 0.29) is 24.7 Å². The molecule has 11 nitrogen and oxygen atoms in total. The number of nitrogen functional groups attached to an aromatic ring is 1. The first-order valence-corrected chi connectivity index (χ1v) is 11.6. The SMILES string of the molecule is Cc1ccc(N)c(CNC(=O)Cn2c(C)cnc(NNS(=O)(=O)Cc3ccccc3)c2=O)n1. The molecule has 12 heteroatoms. The number of amides is 1. The van der Waals surface area contributed by atoms with Crippen LogP contribution in [0.15, 0.2) is 53.5 Å². The summed E-state index contributed by atoms with van der Waals surface area (Å²) < 4.78 is 25.8. The molecule has 0 saturated carbocycles. The monoisotopic (exact) mass is 471 g/mol. The molecule has 0 spiro atoms. The second-order valence-corrected chi connectivity index (χ2v) is 9.10. The summed E-state index contributed by atoms with van der Waals surface area (Å²) in [6.45, 7) is 3.25. The Balaban J connectivity index is 1.66. The van der Waals surface area contributed by atoms with Crippen molar-refractivity contribution < 1.29 is 13.2 Å². The molecule has 0 fully saturated rings. The molecular weight excluding hydrogens is 446 g/mol. The molecule has 1 amide bonds. The van der Waals surface area contributed by atoms with Crippen LogP contribution in [0.3, 0.4) is 0 Å². The number of pyridine rings is 1. The van der Waals surface area contributed by atoms with Crippen LogP contribution in [0.2, 0.25) is 0 Å². The van der Waals surface area contributed by atoms with Crippen LogP contribution in [-0.2, 0) is 33.7 Å². The number of hydrazine groups is 1. The third kappa shape index (κ3) is 6.60. The molecule has 5 N–H and O–H groups in total. The number of rotatable bonds is 9. The number of aryl methyl sites for hydroxylation is 2. The first kappa shape index (κ1) is 23.9. The van der Waals surface area contributed by atoms with E-state index in [0.717, 1.165) is 5.69 Å². The predicted octanol–water partition coefficient (Wildman–Crippen LogP) is 0.600. The van der Waals surface area contributed by atoms with Crippen LogP contribution in [0.5, 0.6) is 0 Å². The van der Waals surface area contributed by atoms with E-state index in [1.54, 1.807) is 49.4 Å². The van der Waals surface area contributed by atoms with Gasteiger partial charge in [0.1, 0.15) is 6.54 Å². The van der Waals surface area contributed by atoms with Crippen molar-refractivity contribution >= 4 is 27.4 Å². The summed E-state index contributed by atoms with van der Waals surface area (Å²) in [5.41, 5.74) is 10.3. The maximum Gasteiger partial charge on any atom is 0.295 e. The number of carbonyl (C=O) groups excluding carboxylic acids is 1. The lowest BCUT2D eigenvalue weighted by Gasteiger charge is -2.13. The lowest BCUT2D eigenvalue weighted by molar-refractivity contribution is -0.121. The Bertz CT molecular complexity index is 1310. The number of benzene rings is 1. The zero-order valence-electron chi connectivity index (χ0n) is 18.2. The number of anilines is 2. The molecule has 174 valence electrons. The van der Waals surface area contributed by atoms with Crippen molar-refractivity contribution in [2.24, 2.45) is 0 Å². The van der Waals surface area contributed by atoms with Gasteiger partial charge in [0.2, 0.25) is 21.7 Å². The summed E-state index contributed by atoms with van der Waals surface area (Å²) in [7, 11) is -3.79. The maximum absolute atomic E-state index is 12.8. The highest BCUT2D eigenvalue weighted by Gasteiger charge is 2.15. The minimum absolute atomic E-state index is 0.107. The highest BCUT2D eigenvalue weighted by molar-refractivity contribution is 7.88. The summed E-state index contributed by atoms with van der Waals surface area (Å²) in [5, 5.41) is 2.68. The average molecular weight is 472 g/mol. The predicted molar refractivity (Wildman–Crippen MR) is 124 cm³/mol. The van der Waals surface area contributed by atoms with Crippen LogP contribution in [0.4, 0.5) is 11.5 Å². The second kappa shape index (κ2) is 10.2. The molecule has 0 atom stereocenters. The number of sulfonamides is 1. The molecule has 0 aliphatic rings. The van der Waals surface area contributed by atoms with Gasteiger partial charge >= 0.3 is 0 Å². The summed E-state index contributed by atoms with van der Waals surface area (Å²) in [6, 6.07) is 12.1. The van der Waals surface area contributed by atoms with Gasteiger partial charge < -0.3 is 11.1 Å². The van der Waals surface area contributed by atoms with Crippen LogP contribution in [0.25, 0.3) is 0 Å². The lowest BCUT2D eigenvalue weighted by Crippen LogP contribution is -2.38. The fraction of sp³-hybridized carbons (Fsp3) is 0.238. The molecule has 0 aliphatic heterocycles. The van der Waals surface area contributed by atoms with E-state index in [0.29, 0.717) is 22.6 Å². The van der Waals surface area contributed by atoms with Gasteiger partial charge in [-0.25, -0.2) is 13.4 Å². The van der Waals surface area contributed by atoms with Crippen LogP contribution in [0, 0.1) is 13.8 Å².